The normalized spacial score (nSPS) is 10.8. The van der Waals surface area contributed by atoms with E-state index in [0.717, 1.165) is 33.7 Å². The van der Waals surface area contributed by atoms with E-state index in [1.165, 1.54) is 0 Å². The standard InChI is InChI=1S/C24H23N3O2/c28-24(15-14-23-26-20-11-5-6-12-21(20)27-23)25-16-19-10-4-7-13-22(19)29-17-18-8-2-1-3-9-18/h1-13H,14-17H2,(H,25,28)(H,26,27). The van der Waals surface area contributed by atoms with Gasteiger partial charge in [-0.1, -0.05) is 60.7 Å². The minimum Gasteiger partial charge on any atom is -0.489 e. The third-order valence-corrected chi connectivity index (χ3v) is 4.71. The van der Waals surface area contributed by atoms with E-state index in [2.05, 4.69) is 15.3 Å². The SMILES string of the molecule is O=C(CCc1nc2ccccc2[nH]1)NCc1ccccc1OCc1ccccc1. The molecule has 0 unspecified atom stereocenters. The van der Waals surface area contributed by atoms with E-state index in [9.17, 15) is 4.79 Å². The van der Waals surface area contributed by atoms with Crippen molar-refractivity contribution in [3.8, 4) is 5.75 Å². The fourth-order valence-electron chi connectivity index (χ4n) is 3.16. The van der Waals surface area contributed by atoms with Gasteiger partial charge in [-0.15, -0.1) is 0 Å². The van der Waals surface area contributed by atoms with Crippen LogP contribution in [0, 0.1) is 0 Å². The van der Waals surface area contributed by atoms with Gasteiger partial charge in [-0.25, -0.2) is 4.98 Å². The molecule has 3 aromatic carbocycles. The van der Waals surface area contributed by atoms with E-state index >= 15 is 0 Å². The maximum absolute atomic E-state index is 12.3. The van der Waals surface area contributed by atoms with Crippen molar-refractivity contribution in [2.75, 3.05) is 0 Å². The number of ether oxygens (including phenoxy) is 1. The van der Waals surface area contributed by atoms with Crippen molar-refractivity contribution in [3.63, 3.8) is 0 Å². The van der Waals surface area contributed by atoms with E-state index in [-0.39, 0.29) is 5.91 Å². The highest BCUT2D eigenvalue weighted by Crippen LogP contribution is 2.19. The predicted octanol–water partition coefficient (Wildman–Crippen LogP) is 4.39. The molecule has 0 aliphatic carbocycles. The molecule has 0 aliphatic rings. The molecule has 29 heavy (non-hydrogen) atoms. The number of rotatable bonds is 8. The molecule has 0 fully saturated rings. The van der Waals surface area contributed by atoms with Crippen LogP contribution in [0.4, 0.5) is 0 Å². The lowest BCUT2D eigenvalue weighted by Gasteiger charge is -2.12. The summed E-state index contributed by atoms with van der Waals surface area (Å²) in [6.45, 7) is 0.932. The summed E-state index contributed by atoms with van der Waals surface area (Å²) in [6, 6.07) is 25.7. The van der Waals surface area contributed by atoms with Gasteiger partial charge < -0.3 is 15.0 Å². The summed E-state index contributed by atoms with van der Waals surface area (Å²) in [5.41, 5.74) is 3.98. The van der Waals surface area contributed by atoms with Gasteiger partial charge in [0.25, 0.3) is 0 Å². The fraction of sp³-hybridized carbons (Fsp3) is 0.167. The van der Waals surface area contributed by atoms with Gasteiger partial charge in [0.2, 0.25) is 5.91 Å². The number of carbonyl (C=O) groups is 1. The van der Waals surface area contributed by atoms with Crippen LogP contribution < -0.4 is 10.1 Å². The summed E-state index contributed by atoms with van der Waals surface area (Å²) < 4.78 is 5.95. The quantitative estimate of drug-likeness (QED) is 0.473. The average Bonchev–Trinajstić information content (AvgIpc) is 3.19. The van der Waals surface area contributed by atoms with Gasteiger partial charge in [0.05, 0.1) is 11.0 Å². The number of hydrogen-bond donors (Lipinski definition) is 2. The van der Waals surface area contributed by atoms with Gasteiger partial charge in [0.15, 0.2) is 0 Å². The molecule has 0 saturated carbocycles. The lowest BCUT2D eigenvalue weighted by molar-refractivity contribution is -0.121. The first-order chi connectivity index (χ1) is 14.3. The molecule has 4 aromatic rings. The summed E-state index contributed by atoms with van der Waals surface area (Å²) in [5, 5.41) is 2.98. The molecule has 0 bridgehead atoms. The van der Waals surface area contributed by atoms with Crippen molar-refractivity contribution in [2.24, 2.45) is 0 Å². The van der Waals surface area contributed by atoms with Gasteiger partial charge >= 0.3 is 0 Å². The van der Waals surface area contributed by atoms with Crippen LogP contribution in [0.15, 0.2) is 78.9 Å². The van der Waals surface area contributed by atoms with E-state index in [0.29, 0.717) is 26.0 Å². The Balaban J connectivity index is 1.29. The van der Waals surface area contributed by atoms with Crippen molar-refractivity contribution in [1.82, 2.24) is 15.3 Å². The molecule has 0 atom stereocenters. The Labute approximate surface area is 169 Å². The molecule has 1 amide bonds. The summed E-state index contributed by atoms with van der Waals surface area (Å²) in [6.07, 6.45) is 0.958. The molecule has 1 heterocycles. The van der Waals surface area contributed by atoms with E-state index < -0.39 is 0 Å². The molecule has 5 nitrogen and oxygen atoms in total. The van der Waals surface area contributed by atoms with E-state index in [4.69, 9.17) is 4.74 Å². The van der Waals surface area contributed by atoms with E-state index in [1.807, 2.05) is 78.9 Å². The third kappa shape index (κ3) is 5.02. The van der Waals surface area contributed by atoms with E-state index in [1.54, 1.807) is 0 Å². The summed E-state index contributed by atoms with van der Waals surface area (Å²) in [7, 11) is 0. The van der Waals surface area contributed by atoms with Crippen LogP contribution in [0.1, 0.15) is 23.4 Å². The summed E-state index contributed by atoms with van der Waals surface area (Å²) >= 11 is 0. The third-order valence-electron chi connectivity index (χ3n) is 4.71. The highest BCUT2D eigenvalue weighted by Gasteiger charge is 2.08. The first kappa shape index (κ1) is 18.7. The first-order valence-corrected chi connectivity index (χ1v) is 9.73. The topological polar surface area (TPSA) is 67.0 Å². The van der Waals surface area contributed by atoms with Crippen LogP contribution in [0.5, 0.6) is 5.75 Å². The number of benzene rings is 3. The van der Waals surface area contributed by atoms with Crippen LogP contribution in [0.25, 0.3) is 11.0 Å². The van der Waals surface area contributed by atoms with Crippen molar-refractivity contribution in [3.05, 3.63) is 95.8 Å². The lowest BCUT2D eigenvalue weighted by atomic mass is 10.2. The Bertz CT molecular complexity index is 1060. The molecule has 2 N–H and O–H groups in total. The lowest BCUT2D eigenvalue weighted by Crippen LogP contribution is -2.23. The van der Waals surface area contributed by atoms with Crippen LogP contribution in [0.2, 0.25) is 0 Å². The molecule has 5 heteroatoms. The number of aromatic nitrogens is 2. The predicted molar refractivity (Wildman–Crippen MR) is 113 cm³/mol. The van der Waals surface area contributed by atoms with Crippen LogP contribution in [0.3, 0.4) is 0 Å². The monoisotopic (exact) mass is 385 g/mol. The highest BCUT2D eigenvalue weighted by molar-refractivity contribution is 5.77. The van der Waals surface area contributed by atoms with Gasteiger partial charge in [-0.2, -0.15) is 0 Å². The summed E-state index contributed by atoms with van der Waals surface area (Å²) in [4.78, 5) is 20.1. The molecule has 0 radical (unpaired) electrons. The second-order valence-corrected chi connectivity index (χ2v) is 6.86. The maximum atomic E-state index is 12.3. The zero-order valence-electron chi connectivity index (χ0n) is 16.1. The average molecular weight is 385 g/mol. The highest BCUT2D eigenvalue weighted by atomic mass is 16.5. The van der Waals surface area contributed by atoms with Gasteiger partial charge in [0.1, 0.15) is 18.2 Å². The van der Waals surface area contributed by atoms with Crippen LogP contribution >= 0.6 is 0 Å². The number of fused-ring (bicyclic) bond motifs is 1. The van der Waals surface area contributed by atoms with Crippen molar-refractivity contribution in [2.45, 2.75) is 26.0 Å². The number of hydrogen-bond acceptors (Lipinski definition) is 3. The van der Waals surface area contributed by atoms with Gasteiger partial charge in [-0.05, 0) is 23.8 Å². The number of H-pyrrole nitrogens is 1. The second-order valence-electron chi connectivity index (χ2n) is 6.86. The molecule has 0 saturated heterocycles. The smallest absolute Gasteiger partial charge is 0.220 e. The Morgan fingerprint density at radius 3 is 2.55 bits per heavy atom. The minimum absolute atomic E-state index is 0.0108. The zero-order chi connectivity index (χ0) is 19.9. The number of para-hydroxylation sites is 3. The number of carbonyl (C=O) groups excluding carboxylic acids is 1. The molecule has 0 spiro atoms. The van der Waals surface area contributed by atoms with Crippen molar-refractivity contribution >= 4 is 16.9 Å². The van der Waals surface area contributed by atoms with Crippen LogP contribution in [-0.2, 0) is 24.4 Å². The van der Waals surface area contributed by atoms with Gasteiger partial charge in [-0.3, -0.25) is 4.79 Å². The molecular formula is C24H23N3O2. The molecule has 146 valence electrons. The molecular weight excluding hydrogens is 362 g/mol. The number of nitrogens with one attached hydrogen (secondary N) is 2. The number of nitrogens with zero attached hydrogens (tertiary/aromatic N) is 1. The number of aryl methyl sites for hydroxylation is 1. The molecule has 4 rings (SSSR count). The Kier molecular flexibility index (Phi) is 5.86. The molecule has 0 aliphatic heterocycles. The second kappa shape index (κ2) is 9.06. The Morgan fingerprint density at radius 2 is 1.69 bits per heavy atom. The number of aromatic amines is 1. The van der Waals surface area contributed by atoms with Crippen LogP contribution in [-0.4, -0.2) is 15.9 Å². The number of imidazole rings is 1. The first-order valence-electron chi connectivity index (χ1n) is 9.73. The van der Waals surface area contributed by atoms with Crippen molar-refractivity contribution < 1.29 is 9.53 Å². The van der Waals surface area contributed by atoms with Crippen molar-refractivity contribution in [1.29, 1.82) is 0 Å². The number of amides is 1. The summed E-state index contributed by atoms with van der Waals surface area (Å²) in [5.74, 6) is 1.60. The largest absolute Gasteiger partial charge is 0.489 e. The van der Waals surface area contributed by atoms with Gasteiger partial charge in [0, 0.05) is 24.9 Å². The fourth-order valence-corrected chi connectivity index (χ4v) is 3.16. The minimum atomic E-state index is -0.0108. The Morgan fingerprint density at radius 1 is 0.931 bits per heavy atom. The maximum Gasteiger partial charge on any atom is 0.220 e. The Hall–Kier alpha value is -3.60. The zero-order valence-corrected chi connectivity index (χ0v) is 16.1. The molecule has 1 aromatic heterocycles.